The molecule has 0 fully saturated rings. The summed E-state index contributed by atoms with van der Waals surface area (Å²) in [5.74, 6) is -1.47. The number of esters is 2. The molecule has 0 spiro atoms. The maximum Gasteiger partial charge on any atom is 0.514 e. The highest BCUT2D eigenvalue weighted by Gasteiger charge is 2.25. The van der Waals surface area contributed by atoms with Crippen LogP contribution in [0.4, 0.5) is 9.59 Å². The second-order valence-electron chi connectivity index (χ2n) is 11.6. The largest absolute Gasteiger partial charge is 0.514 e. The molecule has 0 heterocycles. The zero-order chi connectivity index (χ0) is 30.1. The van der Waals surface area contributed by atoms with E-state index in [1.165, 1.54) is 12.1 Å². The lowest BCUT2D eigenvalue weighted by Gasteiger charge is -2.21. The summed E-state index contributed by atoms with van der Waals surface area (Å²) in [6.45, 7) is 17.1. The summed E-state index contributed by atoms with van der Waals surface area (Å²) in [4.78, 5) is 49.0. The number of hydrogen-bond donors (Lipinski definition) is 1. The molecule has 2 N–H and O–H groups in total. The van der Waals surface area contributed by atoms with Crippen LogP contribution in [0.2, 0.25) is 0 Å². The molecule has 11 nitrogen and oxygen atoms in total. The lowest BCUT2D eigenvalue weighted by molar-refractivity contribution is -0.161. The molecule has 0 radical (unpaired) electrons. The van der Waals surface area contributed by atoms with E-state index >= 15 is 0 Å². The molecule has 220 valence electrons. The Morgan fingerprint density at radius 3 is 1.79 bits per heavy atom. The van der Waals surface area contributed by atoms with Gasteiger partial charge in [-0.15, -0.1) is 0 Å². The second-order valence-corrected chi connectivity index (χ2v) is 11.6. The summed E-state index contributed by atoms with van der Waals surface area (Å²) >= 11 is 0. The number of benzene rings is 1. The fourth-order valence-electron chi connectivity index (χ4n) is 2.82. The van der Waals surface area contributed by atoms with Gasteiger partial charge in [-0.3, -0.25) is 9.59 Å². The number of ether oxygens (including phenoxy) is 6. The SMILES string of the molecule is CC(C)C(C)C(=O)OC[C@H](C)OC(=O)[C@@H](N)Cc1ccc(OC(=O)OC(C)(C)C)c(OC(=O)OC(C)(C)C)c1. The summed E-state index contributed by atoms with van der Waals surface area (Å²) in [6, 6.07) is 3.25. The van der Waals surface area contributed by atoms with Crippen LogP contribution < -0.4 is 15.2 Å². The van der Waals surface area contributed by atoms with Crippen LogP contribution in [0.15, 0.2) is 18.2 Å². The lowest BCUT2D eigenvalue weighted by atomic mass is 9.99. The quantitative estimate of drug-likeness (QED) is 0.238. The molecule has 11 heteroatoms. The van der Waals surface area contributed by atoms with Gasteiger partial charge in [-0.2, -0.15) is 0 Å². The van der Waals surface area contributed by atoms with Gasteiger partial charge in [-0.1, -0.05) is 26.8 Å². The van der Waals surface area contributed by atoms with Crippen molar-refractivity contribution in [2.45, 2.75) is 99.0 Å². The van der Waals surface area contributed by atoms with Crippen molar-refractivity contribution in [2.24, 2.45) is 17.6 Å². The van der Waals surface area contributed by atoms with E-state index < -0.39 is 41.6 Å². The lowest BCUT2D eigenvalue weighted by Crippen LogP contribution is -2.37. The monoisotopic (exact) mass is 553 g/mol. The van der Waals surface area contributed by atoms with Gasteiger partial charge in [-0.25, -0.2) is 9.59 Å². The molecule has 0 amide bonds. The molecule has 0 aliphatic heterocycles. The molecular formula is C28H43NO10. The van der Waals surface area contributed by atoms with Crippen LogP contribution in [0.3, 0.4) is 0 Å². The van der Waals surface area contributed by atoms with Gasteiger partial charge < -0.3 is 34.2 Å². The number of carbonyl (C=O) groups is 4. The van der Waals surface area contributed by atoms with E-state index in [-0.39, 0.29) is 42.3 Å². The van der Waals surface area contributed by atoms with Crippen LogP contribution in [0.25, 0.3) is 0 Å². The predicted octanol–water partition coefficient (Wildman–Crippen LogP) is 4.95. The van der Waals surface area contributed by atoms with Gasteiger partial charge >= 0.3 is 24.2 Å². The molecule has 0 bridgehead atoms. The standard InChI is InChI=1S/C28H43NO10/c1-16(2)18(4)23(30)34-15-17(3)35-24(31)20(29)13-19-11-12-21(36-25(32)38-27(5,6)7)22(14-19)37-26(33)39-28(8,9)10/h11-12,14,16-18,20H,13,15,29H2,1-10H3/t17-,18?,20-/m0/s1. The van der Waals surface area contributed by atoms with E-state index in [2.05, 4.69) is 0 Å². The van der Waals surface area contributed by atoms with Crippen LogP contribution >= 0.6 is 0 Å². The summed E-state index contributed by atoms with van der Waals surface area (Å²) < 4.78 is 31.4. The van der Waals surface area contributed by atoms with Crippen molar-refractivity contribution in [1.82, 2.24) is 0 Å². The van der Waals surface area contributed by atoms with Crippen LogP contribution in [-0.4, -0.2) is 54.2 Å². The summed E-state index contributed by atoms with van der Waals surface area (Å²) in [5, 5.41) is 0. The Morgan fingerprint density at radius 2 is 1.31 bits per heavy atom. The van der Waals surface area contributed by atoms with E-state index in [1.807, 2.05) is 13.8 Å². The topological polar surface area (TPSA) is 150 Å². The summed E-state index contributed by atoms with van der Waals surface area (Å²) in [7, 11) is 0. The minimum absolute atomic E-state index is 0.00706. The van der Waals surface area contributed by atoms with Crippen molar-refractivity contribution >= 4 is 24.2 Å². The normalized spacial score (nSPS) is 14.1. The molecule has 1 rings (SSSR count). The fraction of sp³-hybridized carbons (Fsp3) is 0.643. The van der Waals surface area contributed by atoms with Crippen LogP contribution in [0.1, 0.15) is 74.8 Å². The maximum atomic E-state index is 12.5. The van der Waals surface area contributed by atoms with E-state index in [0.29, 0.717) is 5.56 Å². The highest BCUT2D eigenvalue weighted by atomic mass is 16.8. The van der Waals surface area contributed by atoms with E-state index in [4.69, 9.17) is 34.2 Å². The van der Waals surface area contributed by atoms with Crippen LogP contribution in [-0.2, 0) is 35.0 Å². The zero-order valence-electron chi connectivity index (χ0n) is 24.6. The Kier molecular flexibility index (Phi) is 12.2. The molecule has 0 aromatic heterocycles. The molecule has 0 aliphatic rings. The Labute approximate surface area is 230 Å². The first-order valence-electron chi connectivity index (χ1n) is 12.8. The Morgan fingerprint density at radius 1 is 0.795 bits per heavy atom. The van der Waals surface area contributed by atoms with Crippen LogP contribution in [0.5, 0.6) is 11.5 Å². The highest BCUT2D eigenvalue weighted by molar-refractivity contribution is 5.76. The van der Waals surface area contributed by atoms with E-state index in [9.17, 15) is 19.2 Å². The van der Waals surface area contributed by atoms with Crippen molar-refractivity contribution in [3.8, 4) is 11.5 Å². The van der Waals surface area contributed by atoms with Gasteiger partial charge in [0.05, 0.1) is 5.92 Å². The minimum Gasteiger partial charge on any atom is -0.462 e. The van der Waals surface area contributed by atoms with Gasteiger partial charge in [-0.05, 0) is 78.5 Å². The van der Waals surface area contributed by atoms with Crippen molar-refractivity contribution in [2.75, 3.05) is 6.61 Å². The number of nitrogens with two attached hydrogens (primary N) is 1. The molecule has 0 aliphatic carbocycles. The van der Waals surface area contributed by atoms with Crippen LogP contribution in [0, 0.1) is 11.8 Å². The minimum atomic E-state index is -1.08. The van der Waals surface area contributed by atoms with Gasteiger partial charge in [0.1, 0.15) is 30.0 Å². The van der Waals surface area contributed by atoms with E-state index in [0.717, 1.165) is 0 Å². The number of carbonyl (C=O) groups excluding carboxylic acids is 4. The number of rotatable bonds is 10. The number of hydrogen-bond acceptors (Lipinski definition) is 11. The maximum absolute atomic E-state index is 12.5. The summed E-state index contributed by atoms with van der Waals surface area (Å²) in [5.41, 5.74) is 4.89. The molecule has 0 saturated heterocycles. The molecule has 1 aromatic carbocycles. The highest BCUT2D eigenvalue weighted by Crippen LogP contribution is 2.31. The third-order valence-electron chi connectivity index (χ3n) is 5.08. The molecule has 39 heavy (non-hydrogen) atoms. The average molecular weight is 554 g/mol. The van der Waals surface area contributed by atoms with Crippen molar-refractivity contribution in [3.05, 3.63) is 23.8 Å². The van der Waals surface area contributed by atoms with Gasteiger partial charge in [0.2, 0.25) is 0 Å². The third kappa shape index (κ3) is 13.3. The molecule has 1 unspecified atom stereocenters. The predicted molar refractivity (Wildman–Crippen MR) is 142 cm³/mol. The van der Waals surface area contributed by atoms with Gasteiger partial charge in [0.25, 0.3) is 0 Å². The first-order valence-corrected chi connectivity index (χ1v) is 12.8. The molecule has 0 saturated carbocycles. The Hall–Kier alpha value is -3.34. The molecule has 1 aromatic rings. The second kappa shape index (κ2) is 14.2. The molecular weight excluding hydrogens is 510 g/mol. The third-order valence-corrected chi connectivity index (χ3v) is 5.08. The van der Waals surface area contributed by atoms with Gasteiger partial charge in [0, 0.05) is 0 Å². The first-order chi connectivity index (χ1) is 17.8. The average Bonchev–Trinajstić information content (AvgIpc) is 2.75. The fourth-order valence-corrected chi connectivity index (χ4v) is 2.82. The smallest absolute Gasteiger partial charge is 0.462 e. The van der Waals surface area contributed by atoms with Crippen molar-refractivity contribution < 1.29 is 47.6 Å². The van der Waals surface area contributed by atoms with Crippen molar-refractivity contribution in [1.29, 1.82) is 0 Å². The zero-order valence-corrected chi connectivity index (χ0v) is 24.6. The summed E-state index contributed by atoms with van der Waals surface area (Å²) in [6.07, 6.45) is -2.72. The Bertz CT molecular complexity index is 1010. The molecule has 3 atom stereocenters. The van der Waals surface area contributed by atoms with Crippen molar-refractivity contribution in [3.63, 3.8) is 0 Å². The van der Waals surface area contributed by atoms with E-state index in [1.54, 1.807) is 61.5 Å². The first kappa shape index (κ1) is 33.7. The van der Waals surface area contributed by atoms with Gasteiger partial charge in [0.15, 0.2) is 11.5 Å². The Balaban J connectivity index is 2.94.